The van der Waals surface area contributed by atoms with Crippen molar-refractivity contribution in [2.24, 2.45) is 5.92 Å². The molecule has 1 fully saturated rings. The molecule has 1 saturated carbocycles. The molecule has 0 heterocycles. The summed E-state index contributed by atoms with van der Waals surface area (Å²) < 4.78 is 5.25. The number of carbonyl (C=O) groups is 1. The Bertz CT molecular complexity index is 402. The Labute approximate surface area is 125 Å². The van der Waals surface area contributed by atoms with Crippen molar-refractivity contribution < 1.29 is 9.53 Å². The fraction of sp³-hybridized carbons (Fsp3) is 0.562. The van der Waals surface area contributed by atoms with Crippen molar-refractivity contribution in [1.29, 1.82) is 0 Å². The van der Waals surface area contributed by atoms with Crippen molar-refractivity contribution in [2.75, 3.05) is 12.0 Å². The lowest BCUT2D eigenvalue weighted by Gasteiger charge is -2.28. The van der Waals surface area contributed by atoms with E-state index in [1.54, 1.807) is 0 Å². The number of hydrogen-bond donors (Lipinski definition) is 1. The SMILES string of the molecule is CSCC1CCC(NC(=O)OCc2ccccc2)CC1. The van der Waals surface area contributed by atoms with Crippen LogP contribution in [0, 0.1) is 5.92 Å². The van der Waals surface area contributed by atoms with Gasteiger partial charge >= 0.3 is 6.09 Å². The van der Waals surface area contributed by atoms with Gasteiger partial charge in [-0.15, -0.1) is 0 Å². The molecule has 0 spiro atoms. The van der Waals surface area contributed by atoms with Crippen LogP contribution in [0.25, 0.3) is 0 Å². The molecule has 20 heavy (non-hydrogen) atoms. The molecular formula is C16H23NO2S. The van der Waals surface area contributed by atoms with E-state index in [1.807, 2.05) is 42.1 Å². The minimum Gasteiger partial charge on any atom is -0.445 e. The molecule has 0 saturated heterocycles. The summed E-state index contributed by atoms with van der Waals surface area (Å²) in [6, 6.07) is 10.1. The molecule has 1 aliphatic rings. The number of alkyl carbamates (subject to hydrolysis) is 1. The molecule has 4 heteroatoms. The Balaban J connectivity index is 1.65. The molecular weight excluding hydrogens is 270 g/mol. The van der Waals surface area contributed by atoms with Crippen LogP contribution in [-0.4, -0.2) is 24.1 Å². The highest BCUT2D eigenvalue weighted by atomic mass is 32.2. The Morgan fingerprint density at radius 2 is 1.95 bits per heavy atom. The number of rotatable bonds is 5. The normalized spacial score (nSPS) is 22.2. The zero-order valence-electron chi connectivity index (χ0n) is 12.0. The second-order valence-corrected chi connectivity index (χ2v) is 6.29. The van der Waals surface area contributed by atoms with E-state index in [0.717, 1.165) is 24.3 Å². The third-order valence-electron chi connectivity index (χ3n) is 3.78. The average Bonchev–Trinajstić information content (AvgIpc) is 2.49. The van der Waals surface area contributed by atoms with Crippen LogP contribution in [0.3, 0.4) is 0 Å². The standard InChI is InChI=1S/C16H23NO2S/c1-20-12-14-7-9-15(10-8-14)17-16(18)19-11-13-5-3-2-4-6-13/h2-6,14-15H,7-12H2,1H3,(H,17,18). The van der Waals surface area contributed by atoms with Gasteiger partial charge in [0.1, 0.15) is 6.61 Å². The zero-order chi connectivity index (χ0) is 14.2. The van der Waals surface area contributed by atoms with Crippen LogP contribution in [0.4, 0.5) is 4.79 Å². The van der Waals surface area contributed by atoms with Crippen LogP contribution in [0.1, 0.15) is 31.2 Å². The summed E-state index contributed by atoms with van der Waals surface area (Å²) in [5.74, 6) is 2.06. The van der Waals surface area contributed by atoms with Gasteiger partial charge < -0.3 is 10.1 Å². The van der Waals surface area contributed by atoms with Crippen LogP contribution >= 0.6 is 11.8 Å². The van der Waals surface area contributed by atoms with Crippen molar-refractivity contribution in [3.8, 4) is 0 Å². The van der Waals surface area contributed by atoms with E-state index in [-0.39, 0.29) is 12.1 Å². The largest absolute Gasteiger partial charge is 0.445 e. The van der Waals surface area contributed by atoms with E-state index in [4.69, 9.17) is 4.74 Å². The summed E-state index contributed by atoms with van der Waals surface area (Å²) in [6.45, 7) is 0.342. The van der Waals surface area contributed by atoms with E-state index in [9.17, 15) is 4.79 Å². The van der Waals surface area contributed by atoms with Gasteiger partial charge in [0, 0.05) is 6.04 Å². The van der Waals surface area contributed by atoms with E-state index in [1.165, 1.54) is 18.6 Å². The quantitative estimate of drug-likeness (QED) is 0.896. The third kappa shape index (κ3) is 5.08. The van der Waals surface area contributed by atoms with Crippen molar-refractivity contribution in [3.63, 3.8) is 0 Å². The zero-order valence-corrected chi connectivity index (χ0v) is 12.8. The fourth-order valence-electron chi connectivity index (χ4n) is 2.64. The second kappa shape index (κ2) is 8.20. The topological polar surface area (TPSA) is 38.3 Å². The number of benzene rings is 1. The monoisotopic (exact) mass is 293 g/mol. The molecule has 0 aliphatic heterocycles. The van der Waals surface area contributed by atoms with Gasteiger partial charge in [0.2, 0.25) is 0 Å². The summed E-state index contributed by atoms with van der Waals surface area (Å²) >= 11 is 1.92. The smallest absolute Gasteiger partial charge is 0.407 e. The third-order valence-corrected chi connectivity index (χ3v) is 4.59. The first kappa shape index (κ1) is 15.2. The van der Waals surface area contributed by atoms with Gasteiger partial charge in [-0.1, -0.05) is 30.3 Å². The second-order valence-electron chi connectivity index (χ2n) is 5.38. The highest BCUT2D eigenvalue weighted by Crippen LogP contribution is 2.26. The lowest BCUT2D eigenvalue weighted by Crippen LogP contribution is -2.38. The Kier molecular flexibility index (Phi) is 6.25. The number of ether oxygens (including phenoxy) is 1. The van der Waals surface area contributed by atoms with Crippen LogP contribution in [-0.2, 0) is 11.3 Å². The first-order valence-corrected chi connectivity index (χ1v) is 8.63. The van der Waals surface area contributed by atoms with Gasteiger partial charge in [0.05, 0.1) is 0 Å². The minimum absolute atomic E-state index is 0.288. The minimum atomic E-state index is -0.290. The Morgan fingerprint density at radius 3 is 2.60 bits per heavy atom. The molecule has 0 unspecified atom stereocenters. The summed E-state index contributed by atoms with van der Waals surface area (Å²) in [5.41, 5.74) is 1.02. The van der Waals surface area contributed by atoms with E-state index < -0.39 is 0 Å². The lowest BCUT2D eigenvalue weighted by atomic mass is 9.87. The molecule has 1 aliphatic carbocycles. The highest BCUT2D eigenvalue weighted by Gasteiger charge is 2.22. The van der Waals surface area contributed by atoms with E-state index >= 15 is 0 Å². The summed E-state index contributed by atoms with van der Waals surface area (Å²) in [7, 11) is 0. The first-order valence-electron chi connectivity index (χ1n) is 7.24. The van der Waals surface area contributed by atoms with Gasteiger partial charge in [-0.25, -0.2) is 4.79 Å². The molecule has 0 aromatic heterocycles. The van der Waals surface area contributed by atoms with Gasteiger partial charge in [0.15, 0.2) is 0 Å². The number of thioether (sulfide) groups is 1. The summed E-state index contributed by atoms with van der Waals surface area (Å²) in [6.07, 6.45) is 6.44. The lowest BCUT2D eigenvalue weighted by molar-refractivity contribution is 0.131. The summed E-state index contributed by atoms with van der Waals surface area (Å²) in [5, 5.41) is 2.98. The molecule has 110 valence electrons. The summed E-state index contributed by atoms with van der Waals surface area (Å²) in [4.78, 5) is 11.8. The molecule has 3 nitrogen and oxygen atoms in total. The molecule has 0 radical (unpaired) electrons. The maximum atomic E-state index is 11.8. The van der Waals surface area contributed by atoms with Crippen LogP contribution in [0.5, 0.6) is 0 Å². The van der Waals surface area contributed by atoms with Crippen LogP contribution < -0.4 is 5.32 Å². The number of amides is 1. The van der Waals surface area contributed by atoms with Gasteiger partial charge in [0.25, 0.3) is 0 Å². The Hall–Kier alpha value is -1.16. The molecule has 0 atom stereocenters. The first-order chi connectivity index (χ1) is 9.78. The average molecular weight is 293 g/mol. The Morgan fingerprint density at radius 1 is 1.25 bits per heavy atom. The van der Waals surface area contributed by atoms with Crippen LogP contribution in [0.2, 0.25) is 0 Å². The highest BCUT2D eigenvalue weighted by molar-refractivity contribution is 7.98. The molecule has 1 aromatic rings. The van der Waals surface area contributed by atoms with Gasteiger partial charge in [-0.05, 0) is 49.2 Å². The van der Waals surface area contributed by atoms with E-state index in [2.05, 4.69) is 11.6 Å². The number of carbonyl (C=O) groups excluding carboxylic acids is 1. The molecule has 1 N–H and O–H groups in total. The van der Waals surface area contributed by atoms with Crippen molar-refractivity contribution in [2.45, 2.75) is 38.3 Å². The van der Waals surface area contributed by atoms with E-state index in [0.29, 0.717) is 6.61 Å². The fourth-order valence-corrected chi connectivity index (χ4v) is 3.45. The molecule has 1 aromatic carbocycles. The molecule has 0 bridgehead atoms. The van der Waals surface area contributed by atoms with Crippen molar-refractivity contribution in [3.05, 3.63) is 35.9 Å². The van der Waals surface area contributed by atoms with Crippen molar-refractivity contribution in [1.82, 2.24) is 5.32 Å². The van der Waals surface area contributed by atoms with Gasteiger partial charge in [-0.2, -0.15) is 11.8 Å². The van der Waals surface area contributed by atoms with Crippen LogP contribution in [0.15, 0.2) is 30.3 Å². The maximum Gasteiger partial charge on any atom is 0.407 e. The molecule has 2 rings (SSSR count). The predicted octanol–water partition coefficient (Wildman–Crippen LogP) is 3.83. The van der Waals surface area contributed by atoms with Crippen molar-refractivity contribution >= 4 is 17.9 Å². The maximum absolute atomic E-state index is 11.8. The van der Waals surface area contributed by atoms with Gasteiger partial charge in [-0.3, -0.25) is 0 Å². The number of nitrogens with one attached hydrogen (secondary N) is 1. The number of hydrogen-bond acceptors (Lipinski definition) is 3. The predicted molar refractivity (Wildman–Crippen MR) is 83.9 cm³/mol. The molecule has 1 amide bonds.